The fourth-order valence-corrected chi connectivity index (χ4v) is 1.37. The van der Waals surface area contributed by atoms with Gasteiger partial charge in [0.15, 0.2) is 5.78 Å². The monoisotopic (exact) mass is 136 g/mol. The lowest BCUT2D eigenvalue weighted by atomic mass is 9.99. The van der Waals surface area contributed by atoms with E-state index in [4.69, 9.17) is 0 Å². The lowest BCUT2D eigenvalue weighted by Crippen LogP contribution is -2.02. The molecule has 1 aliphatic carbocycles. The second-order valence-electron chi connectivity index (χ2n) is 2.64. The van der Waals surface area contributed by atoms with Crippen LogP contribution in [0.2, 0.25) is 0 Å². The molecule has 0 aromatic carbocycles. The average molecular weight is 136 g/mol. The Bertz CT molecular complexity index is 189. The minimum absolute atomic E-state index is 0.197. The third kappa shape index (κ3) is 1.18. The predicted octanol–water partition coefficient (Wildman–Crippen LogP) is 2.10. The molecule has 0 spiro atoms. The van der Waals surface area contributed by atoms with Crippen LogP contribution < -0.4 is 0 Å². The third-order valence-corrected chi connectivity index (χ3v) is 1.93. The fraction of sp³-hybridized carbons (Fsp3) is 0.444. The molecule has 0 N–H and O–H groups in total. The van der Waals surface area contributed by atoms with E-state index < -0.39 is 0 Å². The summed E-state index contributed by atoms with van der Waals surface area (Å²) in [5, 5.41) is 0. The molecule has 0 bridgehead atoms. The Labute approximate surface area is 61.4 Å². The molecule has 1 aliphatic rings. The van der Waals surface area contributed by atoms with E-state index in [1.807, 2.05) is 12.2 Å². The highest BCUT2D eigenvalue weighted by Gasteiger charge is 2.18. The third-order valence-electron chi connectivity index (χ3n) is 1.93. The van der Waals surface area contributed by atoms with Gasteiger partial charge < -0.3 is 0 Å². The number of hydrogen-bond acceptors (Lipinski definition) is 1. The normalized spacial score (nSPS) is 24.1. The van der Waals surface area contributed by atoms with E-state index in [1.165, 1.54) is 0 Å². The molecular formula is C9H12O. The van der Waals surface area contributed by atoms with Gasteiger partial charge in [-0.2, -0.15) is 0 Å². The summed E-state index contributed by atoms with van der Waals surface area (Å²) in [5.41, 5.74) is 0.954. The first-order valence-corrected chi connectivity index (χ1v) is 3.59. The highest BCUT2D eigenvalue weighted by molar-refractivity contribution is 5.94. The van der Waals surface area contributed by atoms with Gasteiger partial charge in [-0.1, -0.05) is 12.2 Å². The Balaban J connectivity index is 2.74. The van der Waals surface area contributed by atoms with Crippen molar-refractivity contribution in [2.24, 2.45) is 5.92 Å². The number of carbonyl (C=O) groups excluding carboxylic acids is 1. The molecule has 0 saturated heterocycles. The topological polar surface area (TPSA) is 17.1 Å². The summed E-state index contributed by atoms with van der Waals surface area (Å²) in [4.78, 5) is 10.9. The van der Waals surface area contributed by atoms with Crippen LogP contribution in [0.15, 0.2) is 24.3 Å². The van der Waals surface area contributed by atoms with E-state index in [-0.39, 0.29) is 5.78 Å². The Morgan fingerprint density at radius 3 is 3.00 bits per heavy atom. The van der Waals surface area contributed by atoms with Gasteiger partial charge in [0.2, 0.25) is 0 Å². The number of carbonyl (C=O) groups is 1. The first kappa shape index (κ1) is 7.26. The molecule has 0 saturated carbocycles. The molecule has 1 atom stereocenters. The molecule has 1 heteroatoms. The second-order valence-corrected chi connectivity index (χ2v) is 2.64. The van der Waals surface area contributed by atoms with E-state index in [0.29, 0.717) is 5.92 Å². The Hall–Kier alpha value is -0.850. The maximum absolute atomic E-state index is 10.9. The quantitative estimate of drug-likeness (QED) is 0.531. The summed E-state index contributed by atoms with van der Waals surface area (Å²) in [6, 6.07) is 0. The Kier molecular flexibility index (Phi) is 2.05. The zero-order chi connectivity index (χ0) is 7.56. The van der Waals surface area contributed by atoms with Crippen molar-refractivity contribution in [3.8, 4) is 0 Å². The van der Waals surface area contributed by atoms with E-state index in [2.05, 4.69) is 6.58 Å². The molecule has 0 aliphatic heterocycles. The summed E-state index contributed by atoms with van der Waals surface area (Å²) in [6.45, 7) is 5.30. The lowest BCUT2D eigenvalue weighted by Gasteiger charge is -2.04. The van der Waals surface area contributed by atoms with Crippen LogP contribution in [0.4, 0.5) is 0 Å². The van der Waals surface area contributed by atoms with Crippen LogP contribution in [-0.4, -0.2) is 5.78 Å². The molecular weight excluding hydrogens is 124 g/mol. The van der Waals surface area contributed by atoms with Gasteiger partial charge in [0.1, 0.15) is 0 Å². The number of ketones is 1. The van der Waals surface area contributed by atoms with E-state index in [0.717, 1.165) is 18.4 Å². The largest absolute Gasteiger partial charge is 0.295 e. The van der Waals surface area contributed by atoms with Crippen LogP contribution in [-0.2, 0) is 4.79 Å². The summed E-state index contributed by atoms with van der Waals surface area (Å²) < 4.78 is 0. The first-order chi connectivity index (χ1) is 4.75. The molecule has 0 fully saturated rings. The molecule has 0 aromatic rings. The van der Waals surface area contributed by atoms with Crippen molar-refractivity contribution in [1.82, 2.24) is 0 Å². The van der Waals surface area contributed by atoms with E-state index >= 15 is 0 Å². The van der Waals surface area contributed by atoms with Crippen LogP contribution in [0.5, 0.6) is 0 Å². The van der Waals surface area contributed by atoms with Crippen molar-refractivity contribution in [2.45, 2.75) is 19.8 Å². The minimum atomic E-state index is 0.197. The van der Waals surface area contributed by atoms with Crippen LogP contribution in [0.1, 0.15) is 19.8 Å². The van der Waals surface area contributed by atoms with Crippen molar-refractivity contribution >= 4 is 5.78 Å². The molecule has 0 amide bonds. The molecule has 0 heterocycles. The van der Waals surface area contributed by atoms with Gasteiger partial charge in [0.25, 0.3) is 0 Å². The molecule has 1 nitrogen and oxygen atoms in total. The van der Waals surface area contributed by atoms with Gasteiger partial charge in [-0.05, 0) is 25.3 Å². The predicted molar refractivity (Wildman–Crippen MR) is 41.7 cm³/mol. The van der Waals surface area contributed by atoms with Crippen molar-refractivity contribution < 1.29 is 4.79 Å². The summed E-state index contributed by atoms with van der Waals surface area (Å²) in [6.07, 6.45) is 5.99. The second kappa shape index (κ2) is 2.82. The summed E-state index contributed by atoms with van der Waals surface area (Å²) in [5.74, 6) is 0.528. The number of Topliss-reactive ketones (excluding diaryl/α,β-unsaturated/α-hetero) is 1. The highest BCUT2D eigenvalue weighted by Crippen LogP contribution is 2.26. The lowest BCUT2D eigenvalue weighted by molar-refractivity contribution is -0.113. The van der Waals surface area contributed by atoms with E-state index in [1.54, 1.807) is 6.92 Å². The van der Waals surface area contributed by atoms with Crippen molar-refractivity contribution in [3.63, 3.8) is 0 Å². The van der Waals surface area contributed by atoms with Crippen molar-refractivity contribution in [1.29, 1.82) is 0 Å². The molecule has 10 heavy (non-hydrogen) atoms. The SMILES string of the molecule is C=CC1CCC=C1C(C)=O. The number of hydrogen-bond donors (Lipinski definition) is 0. The van der Waals surface area contributed by atoms with Gasteiger partial charge in [0, 0.05) is 5.92 Å². The van der Waals surface area contributed by atoms with Crippen molar-refractivity contribution in [2.75, 3.05) is 0 Å². The average Bonchev–Trinajstić information content (AvgIpc) is 2.33. The minimum Gasteiger partial charge on any atom is -0.295 e. The molecule has 1 unspecified atom stereocenters. The van der Waals surface area contributed by atoms with Gasteiger partial charge in [-0.3, -0.25) is 4.79 Å². The van der Waals surface area contributed by atoms with Crippen LogP contribution in [0.25, 0.3) is 0 Å². The molecule has 0 radical (unpaired) electrons. The Morgan fingerprint density at radius 1 is 1.90 bits per heavy atom. The van der Waals surface area contributed by atoms with E-state index in [9.17, 15) is 4.79 Å². The summed E-state index contributed by atoms with van der Waals surface area (Å²) >= 11 is 0. The molecule has 54 valence electrons. The molecule has 0 aromatic heterocycles. The van der Waals surface area contributed by atoms with Crippen molar-refractivity contribution in [3.05, 3.63) is 24.3 Å². The molecule has 1 rings (SSSR count). The van der Waals surface area contributed by atoms with Gasteiger partial charge >= 0.3 is 0 Å². The zero-order valence-corrected chi connectivity index (χ0v) is 6.26. The standard InChI is InChI=1S/C9H12O/c1-3-8-5-4-6-9(8)7(2)10/h3,6,8H,1,4-5H2,2H3. The van der Waals surface area contributed by atoms with Gasteiger partial charge in [-0.25, -0.2) is 0 Å². The van der Waals surface area contributed by atoms with Gasteiger partial charge in [0.05, 0.1) is 0 Å². The first-order valence-electron chi connectivity index (χ1n) is 3.59. The maximum Gasteiger partial charge on any atom is 0.156 e. The Morgan fingerprint density at radius 2 is 2.60 bits per heavy atom. The number of allylic oxidation sites excluding steroid dienone is 3. The number of rotatable bonds is 2. The van der Waals surface area contributed by atoms with Crippen LogP contribution in [0.3, 0.4) is 0 Å². The van der Waals surface area contributed by atoms with Crippen LogP contribution >= 0.6 is 0 Å². The van der Waals surface area contributed by atoms with Gasteiger partial charge in [-0.15, -0.1) is 6.58 Å². The maximum atomic E-state index is 10.9. The fourth-order valence-electron chi connectivity index (χ4n) is 1.37. The zero-order valence-electron chi connectivity index (χ0n) is 6.26. The highest BCUT2D eigenvalue weighted by atomic mass is 16.1. The van der Waals surface area contributed by atoms with Crippen LogP contribution in [0, 0.1) is 5.92 Å². The summed E-state index contributed by atoms with van der Waals surface area (Å²) in [7, 11) is 0. The smallest absolute Gasteiger partial charge is 0.156 e.